The molecule has 1 aliphatic rings. The molecule has 1 aliphatic heterocycles. The van der Waals surface area contributed by atoms with Gasteiger partial charge in [0.05, 0.1) is 27.2 Å². The van der Waals surface area contributed by atoms with Gasteiger partial charge in [-0.25, -0.2) is 13.4 Å². The predicted molar refractivity (Wildman–Crippen MR) is 180 cm³/mol. The SMILES string of the molecule is Cn1c(C(=O)N2CCN(Cc3ccc(OCC(F)(F)F)cc3)CC2)cc2ccc(Oc3ccc(NS(=O)(=O)c4cccc([N+](=O)[O-])c4)cn3)cc21. The van der Waals surface area contributed by atoms with Crippen LogP contribution >= 0.6 is 0 Å². The molecule has 3 aromatic carbocycles. The number of hydrogen-bond acceptors (Lipinski definition) is 9. The normalized spacial score (nSPS) is 14.0. The van der Waals surface area contributed by atoms with Crippen LogP contribution in [0.2, 0.25) is 0 Å². The van der Waals surface area contributed by atoms with Gasteiger partial charge in [-0.15, -0.1) is 0 Å². The Bertz CT molecular complexity index is 2170. The van der Waals surface area contributed by atoms with E-state index in [0.29, 0.717) is 44.2 Å². The summed E-state index contributed by atoms with van der Waals surface area (Å²) < 4.78 is 77.5. The number of amides is 1. The van der Waals surface area contributed by atoms with Gasteiger partial charge in [0.15, 0.2) is 6.61 Å². The summed E-state index contributed by atoms with van der Waals surface area (Å²) >= 11 is 0. The Morgan fingerprint density at radius 3 is 2.35 bits per heavy atom. The number of fused-ring (bicyclic) bond motifs is 1. The third kappa shape index (κ3) is 8.56. The lowest BCUT2D eigenvalue weighted by molar-refractivity contribution is -0.385. The van der Waals surface area contributed by atoms with Crippen LogP contribution in [0.5, 0.6) is 17.4 Å². The molecule has 51 heavy (non-hydrogen) atoms. The number of piperazine rings is 1. The van der Waals surface area contributed by atoms with E-state index in [4.69, 9.17) is 9.47 Å². The molecule has 1 fully saturated rings. The van der Waals surface area contributed by atoms with Crippen LogP contribution in [-0.4, -0.2) is 77.6 Å². The molecule has 266 valence electrons. The lowest BCUT2D eigenvalue weighted by Crippen LogP contribution is -2.48. The number of nitro benzene ring substituents is 1. The first-order valence-electron chi connectivity index (χ1n) is 15.5. The van der Waals surface area contributed by atoms with E-state index in [2.05, 4.69) is 14.6 Å². The molecule has 17 heteroatoms. The van der Waals surface area contributed by atoms with E-state index in [9.17, 15) is 36.5 Å². The highest BCUT2D eigenvalue weighted by Crippen LogP contribution is 2.29. The maximum Gasteiger partial charge on any atom is 0.422 e. The van der Waals surface area contributed by atoms with Gasteiger partial charge in [0, 0.05) is 69.4 Å². The predicted octanol–water partition coefficient (Wildman–Crippen LogP) is 5.97. The molecule has 0 aliphatic carbocycles. The summed E-state index contributed by atoms with van der Waals surface area (Å²) in [6.45, 7) is 1.51. The number of alkyl halides is 3. The van der Waals surface area contributed by atoms with Crippen LogP contribution in [-0.2, 0) is 23.6 Å². The van der Waals surface area contributed by atoms with Crippen LogP contribution in [0.1, 0.15) is 16.1 Å². The number of aryl methyl sites for hydroxylation is 1. The van der Waals surface area contributed by atoms with E-state index < -0.39 is 27.7 Å². The summed E-state index contributed by atoms with van der Waals surface area (Å²) in [5.74, 6) is 0.652. The van der Waals surface area contributed by atoms with E-state index in [-0.39, 0.29) is 33.8 Å². The summed E-state index contributed by atoms with van der Waals surface area (Å²) in [4.78, 5) is 31.8. The van der Waals surface area contributed by atoms with Crippen molar-refractivity contribution in [3.63, 3.8) is 0 Å². The van der Waals surface area contributed by atoms with Gasteiger partial charge in [-0.2, -0.15) is 13.2 Å². The number of sulfonamides is 1. The summed E-state index contributed by atoms with van der Waals surface area (Å²) in [6.07, 6.45) is -3.14. The quantitative estimate of drug-likeness (QED) is 0.128. The molecule has 5 aromatic rings. The second kappa shape index (κ2) is 14.3. The van der Waals surface area contributed by atoms with Gasteiger partial charge >= 0.3 is 6.18 Å². The number of nitrogens with one attached hydrogen (secondary N) is 1. The Kier molecular flexibility index (Phi) is 9.84. The van der Waals surface area contributed by atoms with Crippen molar-refractivity contribution < 1.29 is 40.8 Å². The van der Waals surface area contributed by atoms with Gasteiger partial charge in [-0.05, 0) is 48.0 Å². The minimum absolute atomic E-state index is 0.119. The molecular formula is C34H31F3N6O7S. The Morgan fingerprint density at radius 1 is 0.961 bits per heavy atom. The molecule has 6 rings (SSSR count). The van der Waals surface area contributed by atoms with Crippen molar-refractivity contribution in [3.8, 4) is 17.4 Å². The van der Waals surface area contributed by atoms with Crippen LogP contribution in [0.3, 0.4) is 0 Å². The van der Waals surface area contributed by atoms with Crippen LogP contribution in [0, 0.1) is 10.1 Å². The van der Waals surface area contributed by atoms with Crippen LogP contribution in [0.4, 0.5) is 24.5 Å². The van der Waals surface area contributed by atoms with Gasteiger partial charge in [0.25, 0.3) is 21.6 Å². The average Bonchev–Trinajstić information content (AvgIpc) is 3.43. The van der Waals surface area contributed by atoms with Crippen molar-refractivity contribution in [2.75, 3.05) is 37.5 Å². The Balaban J connectivity index is 1.04. The highest BCUT2D eigenvalue weighted by atomic mass is 32.2. The lowest BCUT2D eigenvalue weighted by atomic mass is 10.2. The number of halogens is 3. The highest BCUT2D eigenvalue weighted by molar-refractivity contribution is 7.92. The molecule has 0 bridgehead atoms. The second-order valence-corrected chi connectivity index (χ2v) is 13.5. The fourth-order valence-electron chi connectivity index (χ4n) is 5.56. The average molecular weight is 725 g/mol. The minimum atomic E-state index is -4.40. The number of ether oxygens (including phenoxy) is 2. The standard InChI is InChI=1S/C34H31F3N6O7S/c1-40-30-19-28(50-32-12-8-25(20-38-32)39-51(47,48)29-4-2-3-26(18-29)43(45)46)11-7-24(30)17-31(40)33(44)42-15-13-41(14-16-42)21-23-5-9-27(10-6-23)49-22-34(35,36)37/h2-12,17-20,39H,13-16,21-22H2,1H3. The Morgan fingerprint density at radius 2 is 1.69 bits per heavy atom. The second-order valence-electron chi connectivity index (χ2n) is 11.8. The first-order valence-corrected chi connectivity index (χ1v) is 17.0. The minimum Gasteiger partial charge on any atom is -0.484 e. The number of rotatable bonds is 11. The molecule has 1 amide bonds. The maximum atomic E-state index is 13.5. The monoisotopic (exact) mass is 724 g/mol. The molecule has 3 heterocycles. The fraction of sp³-hybridized carbons (Fsp3) is 0.235. The van der Waals surface area contributed by atoms with E-state index in [0.717, 1.165) is 22.5 Å². The summed E-state index contributed by atoms with van der Waals surface area (Å²) in [5, 5.41) is 11.9. The van der Waals surface area contributed by atoms with Crippen LogP contribution < -0.4 is 14.2 Å². The molecule has 0 unspecified atom stereocenters. The van der Waals surface area contributed by atoms with Gasteiger partial charge in [0.2, 0.25) is 5.88 Å². The van der Waals surface area contributed by atoms with Gasteiger partial charge < -0.3 is 18.9 Å². The molecular weight excluding hydrogens is 693 g/mol. The van der Waals surface area contributed by atoms with Crippen LogP contribution in [0.15, 0.2) is 96.0 Å². The number of carbonyl (C=O) groups excluding carboxylic acids is 1. The van der Waals surface area contributed by atoms with Crippen LogP contribution in [0.25, 0.3) is 10.9 Å². The van der Waals surface area contributed by atoms with Crippen molar-refractivity contribution in [1.29, 1.82) is 0 Å². The third-order valence-electron chi connectivity index (χ3n) is 8.18. The number of pyridine rings is 1. The summed E-state index contributed by atoms with van der Waals surface area (Å²) in [5.41, 5.74) is 1.95. The van der Waals surface area contributed by atoms with Crippen molar-refractivity contribution in [3.05, 3.63) is 112 Å². The van der Waals surface area contributed by atoms with Crippen molar-refractivity contribution in [2.24, 2.45) is 7.05 Å². The van der Waals surface area contributed by atoms with Gasteiger partial charge in [0.1, 0.15) is 17.2 Å². The summed E-state index contributed by atoms with van der Waals surface area (Å²) in [6, 6.07) is 21.2. The van der Waals surface area contributed by atoms with E-state index in [1.165, 1.54) is 48.7 Å². The molecule has 1 saturated heterocycles. The van der Waals surface area contributed by atoms with Crippen molar-refractivity contribution in [1.82, 2.24) is 19.4 Å². The van der Waals surface area contributed by atoms with E-state index in [1.54, 1.807) is 40.8 Å². The number of anilines is 1. The largest absolute Gasteiger partial charge is 0.484 e. The molecule has 2 aromatic heterocycles. The first-order chi connectivity index (χ1) is 24.2. The van der Waals surface area contributed by atoms with Gasteiger partial charge in [-0.3, -0.25) is 24.5 Å². The number of aromatic nitrogens is 2. The maximum absolute atomic E-state index is 13.5. The summed E-state index contributed by atoms with van der Waals surface area (Å²) in [7, 11) is -2.32. The molecule has 1 N–H and O–H groups in total. The number of nitro groups is 1. The van der Waals surface area contributed by atoms with Crippen molar-refractivity contribution in [2.45, 2.75) is 17.6 Å². The lowest BCUT2D eigenvalue weighted by Gasteiger charge is -2.34. The zero-order chi connectivity index (χ0) is 36.3. The Hall–Kier alpha value is -5.68. The number of carbonyl (C=O) groups is 1. The van der Waals surface area contributed by atoms with Crippen molar-refractivity contribution >= 4 is 38.2 Å². The number of hydrogen-bond donors (Lipinski definition) is 1. The number of nitrogens with zero attached hydrogens (tertiary/aromatic N) is 5. The number of non-ortho nitro benzene ring substituents is 1. The number of benzene rings is 3. The fourth-order valence-corrected chi connectivity index (χ4v) is 6.65. The molecule has 0 spiro atoms. The molecule has 13 nitrogen and oxygen atoms in total. The third-order valence-corrected chi connectivity index (χ3v) is 9.56. The first kappa shape index (κ1) is 35.2. The Labute approximate surface area is 290 Å². The zero-order valence-corrected chi connectivity index (χ0v) is 27.9. The highest BCUT2D eigenvalue weighted by Gasteiger charge is 2.28. The molecule has 0 saturated carbocycles. The van der Waals surface area contributed by atoms with E-state index in [1.807, 2.05) is 12.1 Å². The molecule has 0 radical (unpaired) electrons. The smallest absolute Gasteiger partial charge is 0.422 e. The zero-order valence-electron chi connectivity index (χ0n) is 27.0. The topological polar surface area (TPSA) is 149 Å². The molecule has 0 atom stereocenters. The van der Waals surface area contributed by atoms with E-state index >= 15 is 0 Å². The van der Waals surface area contributed by atoms with Gasteiger partial charge in [-0.1, -0.05) is 18.2 Å².